The maximum absolute atomic E-state index is 12.7. The van der Waals surface area contributed by atoms with Crippen LogP contribution in [0.25, 0.3) is 0 Å². The lowest BCUT2D eigenvalue weighted by Crippen LogP contribution is -2.32. The van der Waals surface area contributed by atoms with E-state index in [1.165, 1.54) is 55.0 Å². The molecule has 1 heterocycles. The molecule has 0 fully saturated rings. The monoisotopic (exact) mass is 631 g/mol. The minimum absolute atomic E-state index is 0.125. The van der Waals surface area contributed by atoms with Crippen LogP contribution < -0.4 is 20.2 Å². The molecule has 0 saturated carbocycles. The molecule has 220 valence electrons. The van der Waals surface area contributed by atoms with Crippen molar-refractivity contribution in [2.75, 3.05) is 19.0 Å². The Bertz CT molecular complexity index is 1570. The number of carbonyl (C=O) groups excluding carboxylic acids is 4. The summed E-state index contributed by atoms with van der Waals surface area (Å²) in [6.45, 7) is 4.02. The number of hydrogen-bond acceptors (Lipinski definition) is 9. The SMILES string of the molecule is CCOC(=O)c1c(NC(=O)C(=O)N/N=C\c2ccc(OC(=O)c3ccc(Cl)cc3Cl)c(OC)c2)sc2c1CC[C@@H](C)C2. The normalized spacial score (nSPS) is 14.2. The van der Waals surface area contributed by atoms with Crippen molar-refractivity contribution in [2.24, 2.45) is 11.0 Å². The van der Waals surface area contributed by atoms with Gasteiger partial charge in [-0.25, -0.2) is 15.0 Å². The molecule has 1 aliphatic carbocycles. The molecular formula is C29H27Cl2N3O7S. The molecule has 0 saturated heterocycles. The first-order valence-electron chi connectivity index (χ1n) is 12.9. The lowest BCUT2D eigenvalue weighted by molar-refractivity contribution is -0.136. The molecule has 1 atom stereocenters. The number of hydrazone groups is 1. The Balaban J connectivity index is 1.41. The summed E-state index contributed by atoms with van der Waals surface area (Å²) in [6, 6.07) is 8.95. The van der Waals surface area contributed by atoms with Crippen LogP contribution in [0.1, 0.15) is 57.0 Å². The molecule has 42 heavy (non-hydrogen) atoms. The summed E-state index contributed by atoms with van der Waals surface area (Å²) in [5.74, 6) is -2.46. The van der Waals surface area contributed by atoms with Crippen molar-refractivity contribution in [1.29, 1.82) is 0 Å². The van der Waals surface area contributed by atoms with E-state index in [0.29, 0.717) is 28.5 Å². The van der Waals surface area contributed by atoms with Gasteiger partial charge in [-0.05, 0) is 79.6 Å². The lowest BCUT2D eigenvalue weighted by atomic mass is 9.88. The highest BCUT2D eigenvalue weighted by molar-refractivity contribution is 7.17. The second-order valence-electron chi connectivity index (χ2n) is 9.35. The number of halogens is 2. The van der Waals surface area contributed by atoms with E-state index in [1.807, 2.05) is 0 Å². The Labute approximate surface area is 255 Å². The third kappa shape index (κ3) is 7.28. The zero-order chi connectivity index (χ0) is 30.4. The van der Waals surface area contributed by atoms with Crippen molar-refractivity contribution in [2.45, 2.75) is 33.1 Å². The lowest BCUT2D eigenvalue weighted by Gasteiger charge is -2.18. The van der Waals surface area contributed by atoms with Gasteiger partial charge in [0.25, 0.3) is 0 Å². The number of anilines is 1. The van der Waals surface area contributed by atoms with Gasteiger partial charge in [0.1, 0.15) is 5.00 Å². The molecule has 4 rings (SSSR count). The van der Waals surface area contributed by atoms with Crippen LogP contribution in [-0.4, -0.2) is 43.7 Å². The number of benzene rings is 2. The molecular weight excluding hydrogens is 605 g/mol. The van der Waals surface area contributed by atoms with Gasteiger partial charge in [-0.1, -0.05) is 30.1 Å². The number of thiophene rings is 1. The molecule has 0 aliphatic heterocycles. The highest BCUT2D eigenvalue weighted by Crippen LogP contribution is 2.40. The molecule has 2 N–H and O–H groups in total. The van der Waals surface area contributed by atoms with Gasteiger partial charge < -0.3 is 19.5 Å². The molecule has 3 aromatic rings. The molecule has 1 aromatic heterocycles. The number of amides is 2. The van der Waals surface area contributed by atoms with Crippen molar-refractivity contribution in [3.63, 3.8) is 0 Å². The van der Waals surface area contributed by atoms with E-state index in [4.69, 9.17) is 37.4 Å². The van der Waals surface area contributed by atoms with Crippen molar-refractivity contribution in [3.05, 3.63) is 73.6 Å². The molecule has 10 nitrogen and oxygen atoms in total. The van der Waals surface area contributed by atoms with Crippen LogP contribution in [0.2, 0.25) is 10.0 Å². The second-order valence-corrected chi connectivity index (χ2v) is 11.3. The van der Waals surface area contributed by atoms with Crippen molar-refractivity contribution in [3.8, 4) is 11.5 Å². The molecule has 13 heteroatoms. The maximum Gasteiger partial charge on any atom is 0.345 e. The topological polar surface area (TPSA) is 132 Å². The van der Waals surface area contributed by atoms with Crippen LogP contribution in [0.3, 0.4) is 0 Å². The Morgan fingerprint density at radius 2 is 1.86 bits per heavy atom. The maximum atomic E-state index is 12.7. The minimum atomic E-state index is -1.03. The highest BCUT2D eigenvalue weighted by Gasteiger charge is 2.30. The van der Waals surface area contributed by atoms with Gasteiger partial charge in [0, 0.05) is 9.90 Å². The van der Waals surface area contributed by atoms with Gasteiger partial charge in [-0.3, -0.25) is 9.59 Å². The summed E-state index contributed by atoms with van der Waals surface area (Å²) >= 11 is 13.2. The van der Waals surface area contributed by atoms with Gasteiger partial charge in [0.2, 0.25) is 0 Å². The van der Waals surface area contributed by atoms with Crippen molar-refractivity contribution < 1.29 is 33.4 Å². The first kappa shape index (κ1) is 31.0. The first-order chi connectivity index (χ1) is 20.1. The Hall–Kier alpha value is -3.93. The van der Waals surface area contributed by atoms with E-state index < -0.39 is 23.8 Å². The summed E-state index contributed by atoms with van der Waals surface area (Å²) in [5.41, 5.74) is 3.94. The predicted molar refractivity (Wildman–Crippen MR) is 160 cm³/mol. The fourth-order valence-electron chi connectivity index (χ4n) is 4.29. The largest absolute Gasteiger partial charge is 0.493 e. The molecule has 0 unspecified atom stereocenters. The third-order valence-electron chi connectivity index (χ3n) is 6.35. The average Bonchev–Trinajstić information content (AvgIpc) is 3.30. The molecule has 2 amide bonds. The van der Waals surface area contributed by atoms with Gasteiger partial charge in [0.05, 0.1) is 36.1 Å². The smallest absolute Gasteiger partial charge is 0.345 e. The standard InChI is InChI=1S/C29H27Cl2N3O7S/c1-4-40-29(38)24-19-8-5-15(2)11-23(19)42-27(24)33-25(35)26(36)34-32-14-16-6-10-21(22(12-16)39-3)41-28(37)18-9-7-17(30)13-20(18)31/h6-7,9-10,12-15H,4-5,8,11H2,1-3H3,(H,33,35)(H,34,36)/b32-14-/t15-/m1/s1. The van der Waals surface area contributed by atoms with Gasteiger partial charge >= 0.3 is 23.8 Å². The van der Waals surface area contributed by atoms with Crippen LogP contribution in [0.15, 0.2) is 41.5 Å². The van der Waals surface area contributed by atoms with Gasteiger partial charge in [0.15, 0.2) is 11.5 Å². The Kier molecular flexibility index (Phi) is 10.2. The average molecular weight is 633 g/mol. The zero-order valence-corrected chi connectivity index (χ0v) is 25.2. The van der Waals surface area contributed by atoms with E-state index in [9.17, 15) is 19.2 Å². The molecule has 0 spiro atoms. The number of carbonyl (C=O) groups is 4. The van der Waals surface area contributed by atoms with Gasteiger partial charge in [-0.2, -0.15) is 5.10 Å². The van der Waals surface area contributed by atoms with Crippen LogP contribution in [0, 0.1) is 5.92 Å². The van der Waals surface area contributed by atoms with Crippen molar-refractivity contribution in [1.82, 2.24) is 5.43 Å². The van der Waals surface area contributed by atoms with E-state index in [1.54, 1.807) is 13.0 Å². The fourth-order valence-corrected chi connectivity index (χ4v) is 6.17. The number of nitrogens with one attached hydrogen (secondary N) is 2. The number of ether oxygens (including phenoxy) is 3. The van der Waals surface area contributed by atoms with Gasteiger partial charge in [-0.15, -0.1) is 11.3 Å². The van der Waals surface area contributed by atoms with Crippen molar-refractivity contribution >= 4 is 69.5 Å². The summed E-state index contributed by atoms with van der Waals surface area (Å²) in [6.07, 6.45) is 3.69. The molecule has 2 aromatic carbocycles. The molecule has 1 aliphatic rings. The van der Waals surface area contributed by atoms with E-state index in [-0.39, 0.29) is 33.7 Å². The quantitative estimate of drug-likeness (QED) is 0.108. The minimum Gasteiger partial charge on any atom is -0.493 e. The Morgan fingerprint density at radius 1 is 1.07 bits per heavy atom. The number of nitrogens with zero attached hydrogens (tertiary/aromatic N) is 1. The predicted octanol–water partition coefficient (Wildman–Crippen LogP) is 5.67. The second kappa shape index (κ2) is 13.8. The van der Waals surface area contributed by atoms with Crippen LogP contribution in [0.4, 0.5) is 5.00 Å². The summed E-state index contributed by atoms with van der Waals surface area (Å²) in [4.78, 5) is 51.3. The molecule has 0 radical (unpaired) electrons. The van der Waals surface area contributed by atoms with E-state index >= 15 is 0 Å². The highest BCUT2D eigenvalue weighted by atomic mass is 35.5. The number of hydrogen-bond donors (Lipinski definition) is 2. The summed E-state index contributed by atoms with van der Waals surface area (Å²) in [5, 5.41) is 7.18. The van der Waals surface area contributed by atoms with Crippen LogP contribution >= 0.6 is 34.5 Å². The number of fused-ring (bicyclic) bond motifs is 1. The number of methoxy groups -OCH3 is 1. The number of esters is 2. The van der Waals surface area contributed by atoms with Crippen LogP contribution in [0.5, 0.6) is 11.5 Å². The third-order valence-corrected chi connectivity index (χ3v) is 8.06. The summed E-state index contributed by atoms with van der Waals surface area (Å²) in [7, 11) is 1.39. The zero-order valence-electron chi connectivity index (χ0n) is 22.9. The number of rotatable bonds is 8. The van der Waals surface area contributed by atoms with Crippen LogP contribution in [-0.2, 0) is 27.2 Å². The molecule has 0 bridgehead atoms. The van der Waals surface area contributed by atoms with E-state index in [0.717, 1.165) is 23.3 Å². The Morgan fingerprint density at radius 3 is 2.57 bits per heavy atom. The summed E-state index contributed by atoms with van der Waals surface area (Å²) < 4.78 is 15.9. The first-order valence-corrected chi connectivity index (χ1v) is 14.5. The van der Waals surface area contributed by atoms with E-state index in [2.05, 4.69) is 22.8 Å². The fraction of sp³-hybridized carbons (Fsp3) is 0.276.